The molecule has 0 bridgehead atoms. The molecule has 1 unspecified atom stereocenters. The molecule has 40 heavy (non-hydrogen) atoms. The molecule has 2 rings (SSSR count). The van der Waals surface area contributed by atoms with Crippen molar-refractivity contribution in [2.45, 2.75) is 38.2 Å². The van der Waals surface area contributed by atoms with E-state index in [9.17, 15) is 36.6 Å². The number of rotatable bonds is 16. The average molecular weight is 580 g/mol. The Labute approximate surface area is 227 Å². The van der Waals surface area contributed by atoms with Crippen molar-refractivity contribution < 1.29 is 60.3 Å². The third-order valence-electron chi connectivity index (χ3n) is 5.31. The number of nitrogens with zero attached hydrogens (tertiary/aromatic N) is 1. The summed E-state index contributed by atoms with van der Waals surface area (Å²) in [6, 6.07) is 12.6. The van der Waals surface area contributed by atoms with Crippen LogP contribution in [0.15, 0.2) is 48.5 Å². The number of halogens is 5. The Hall–Kier alpha value is -3.65. The summed E-state index contributed by atoms with van der Waals surface area (Å²) >= 11 is 0. The Bertz CT molecular complexity index is 1080. The first-order valence-corrected chi connectivity index (χ1v) is 12.1. The zero-order valence-corrected chi connectivity index (χ0v) is 21.8. The number of benzene rings is 2. The average Bonchev–Trinajstić information content (AvgIpc) is 2.90. The molecular weight excluding hydrogens is 549 g/mol. The van der Waals surface area contributed by atoms with Crippen molar-refractivity contribution in [3.8, 4) is 17.2 Å². The van der Waals surface area contributed by atoms with Gasteiger partial charge < -0.3 is 33.7 Å². The van der Waals surface area contributed by atoms with E-state index in [1.807, 2.05) is 0 Å². The van der Waals surface area contributed by atoms with Gasteiger partial charge in [-0.25, -0.2) is 9.59 Å². The molecule has 0 saturated carbocycles. The SMILES string of the molecule is CCOC(Cc1ccc(OCCN(CCCOC(F)(F)C(F)(F)F)C(=O)Oc2cccc(OC)c2)cc1)C(=O)O. The topological polar surface area (TPSA) is 104 Å². The van der Waals surface area contributed by atoms with Crippen LogP contribution in [-0.4, -0.2) is 80.5 Å². The third kappa shape index (κ3) is 10.5. The summed E-state index contributed by atoms with van der Waals surface area (Å²) in [6.45, 7) is 0.498. The van der Waals surface area contributed by atoms with E-state index in [0.29, 0.717) is 17.1 Å². The zero-order valence-electron chi connectivity index (χ0n) is 21.8. The molecule has 0 fully saturated rings. The van der Waals surface area contributed by atoms with Crippen LogP contribution in [0.3, 0.4) is 0 Å². The van der Waals surface area contributed by atoms with E-state index in [1.54, 1.807) is 43.3 Å². The van der Waals surface area contributed by atoms with E-state index >= 15 is 0 Å². The maximum absolute atomic E-state index is 13.0. The lowest BCUT2D eigenvalue weighted by Crippen LogP contribution is -2.41. The molecular formula is C26H30F5NO8. The number of ether oxygens (including phenoxy) is 5. The summed E-state index contributed by atoms with van der Waals surface area (Å²) in [4.78, 5) is 25.1. The zero-order chi connectivity index (χ0) is 29.8. The fourth-order valence-corrected chi connectivity index (χ4v) is 3.29. The monoisotopic (exact) mass is 579 g/mol. The van der Waals surface area contributed by atoms with Crippen molar-refractivity contribution in [1.29, 1.82) is 0 Å². The molecule has 0 heterocycles. The van der Waals surface area contributed by atoms with Gasteiger partial charge in [-0.05, 0) is 43.2 Å². The standard InChI is InChI=1S/C26H30F5NO8/c1-3-37-22(23(33)34)16-18-8-10-19(11-9-18)38-15-13-32(12-5-14-39-26(30,31)25(27,28)29)24(35)40-21-7-4-6-20(17-21)36-2/h4,6-11,17,22H,3,5,12-16H2,1-2H3,(H,33,34). The van der Waals surface area contributed by atoms with E-state index in [4.69, 9.17) is 18.9 Å². The molecule has 1 atom stereocenters. The van der Waals surface area contributed by atoms with Gasteiger partial charge in [0, 0.05) is 25.6 Å². The number of carbonyl (C=O) groups is 2. The molecule has 0 spiro atoms. The number of alkyl halides is 5. The van der Waals surface area contributed by atoms with Crippen LogP contribution in [0.1, 0.15) is 18.9 Å². The highest BCUT2D eigenvalue weighted by Gasteiger charge is 2.59. The van der Waals surface area contributed by atoms with Crippen molar-refractivity contribution in [3.05, 3.63) is 54.1 Å². The minimum Gasteiger partial charge on any atom is -0.497 e. The summed E-state index contributed by atoms with van der Waals surface area (Å²) in [5, 5.41) is 9.21. The highest BCUT2D eigenvalue weighted by Crippen LogP contribution is 2.36. The number of hydrogen-bond acceptors (Lipinski definition) is 7. The maximum atomic E-state index is 13.0. The Kier molecular flexibility index (Phi) is 12.4. The van der Waals surface area contributed by atoms with Gasteiger partial charge in [-0.3, -0.25) is 0 Å². The lowest BCUT2D eigenvalue weighted by Gasteiger charge is -2.23. The van der Waals surface area contributed by atoms with Crippen LogP contribution in [0.25, 0.3) is 0 Å². The number of carbonyl (C=O) groups excluding carboxylic acids is 1. The lowest BCUT2D eigenvalue weighted by atomic mass is 10.1. The van der Waals surface area contributed by atoms with E-state index in [1.165, 1.54) is 19.2 Å². The smallest absolute Gasteiger partial charge is 0.482 e. The Balaban J connectivity index is 1.98. The van der Waals surface area contributed by atoms with Gasteiger partial charge in [0.1, 0.15) is 23.9 Å². The number of carboxylic acid groups (broad SMARTS) is 1. The van der Waals surface area contributed by atoms with Crippen LogP contribution in [0.5, 0.6) is 17.2 Å². The highest BCUT2D eigenvalue weighted by atomic mass is 19.4. The molecule has 2 aromatic rings. The quantitative estimate of drug-likeness (QED) is 0.215. The largest absolute Gasteiger partial charge is 0.497 e. The third-order valence-corrected chi connectivity index (χ3v) is 5.31. The summed E-state index contributed by atoms with van der Waals surface area (Å²) in [5.74, 6) is -0.170. The summed E-state index contributed by atoms with van der Waals surface area (Å²) < 4.78 is 87.8. The molecule has 0 aromatic heterocycles. The molecule has 9 nitrogen and oxygen atoms in total. The minimum absolute atomic E-state index is 0.0805. The Morgan fingerprint density at radius 1 is 0.950 bits per heavy atom. The van der Waals surface area contributed by atoms with Gasteiger partial charge >= 0.3 is 24.3 Å². The van der Waals surface area contributed by atoms with Crippen molar-refractivity contribution in [2.24, 2.45) is 0 Å². The van der Waals surface area contributed by atoms with Crippen LogP contribution in [-0.2, 0) is 20.7 Å². The fourth-order valence-electron chi connectivity index (χ4n) is 3.29. The van der Waals surface area contributed by atoms with Gasteiger partial charge in [-0.2, -0.15) is 22.0 Å². The molecule has 222 valence electrons. The number of methoxy groups -OCH3 is 1. The molecule has 1 amide bonds. The first kappa shape index (κ1) is 32.6. The molecule has 2 aromatic carbocycles. The van der Waals surface area contributed by atoms with Gasteiger partial charge in [0.2, 0.25) is 0 Å². The number of hydrogen-bond donors (Lipinski definition) is 1. The molecule has 0 saturated heterocycles. The van der Waals surface area contributed by atoms with Gasteiger partial charge in [0.25, 0.3) is 0 Å². The van der Waals surface area contributed by atoms with Crippen LogP contribution >= 0.6 is 0 Å². The highest BCUT2D eigenvalue weighted by molar-refractivity contribution is 5.72. The first-order chi connectivity index (χ1) is 18.9. The second-order valence-corrected chi connectivity index (χ2v) is 8.23. The molecule has 0 aliphatic heterocycles. The van der Waals surface area contributed by atoms with Gasteiger partial charge in [0.05, 0.1) is 20.3 Å². The summed E-state index contributed by atoms with van der Waals surface area (Å²) in [6.07, 6.45) is -13.3. The van der Waals surface area contributed by atoms with E-state index in [2.05, 4.69) is 4.74 Å². The lowest BCUT2D eigenvalue weighted by molar-refractivity contribution is -0.391. The predicted octanol–water partition coefficient (Wildman–Crippen LogP) is 5.17. The molecule has 14 heteroatoms. The van der Waals surface area contributed by atoms with E-state index < -0.39 is 37.1 Å². The van der Waals surface area contributed by atoms with E-state index in [0.717, 1.165) is 4.90 Å². The molecule has 0 radical (unpaired) electrons. The maximum Gasteiger partial charge on any atom is 0.482 e. The second kappa shape index (κ2) is 15.2. The Morgan fingerprint density at radius 2 is 1.62 bits per heavy atom. The van der Waals surface area contributed by atoms with Crippen molar-refractivity contribution in [3.63, 3.8) is 0 Å². The van der Waals surface area contributed by atoms with Crippen molar-refractivity contribution in [2.75, 3.05) is 40.0 Å². The normalized spacial score (nSPS) is 12.5. The van der Waals surface area contributed by atoms with Crippen LogP contribution in [0, 0.1) is 0 Å². The summed E-state index contributed by atoms with van der Waals surface area (Å²) in [7, 11) is 1.41. The Morgan fingerprint density at radius 3 is 2.23 bits per heavy atom. The summed E-state index contributed by atoms with van der Waals surface area (Å²) in [5.41, 5.74) is 0.687. The molecule has 0 aliphatic rings. The number of amides is 1. The van der Waals surface area contributed by atoms with Crippen molar-refractivity contribution >= 4 is 12.1 Å². The first-order valence-electron chi connectivity index (χ1n) is 12.1. The minimum atomic E-state index is -5.86. The van der Waals surface area contributed by atoms with Gasteiger partial charge in [0.15, 0.2) is 6.10 Å². The number of carboxylic acids is 1. The van der Waals surface area contributed by atoms with Gasteiger partial charge in [-0.1, -0.05) is 18.2 Å². The van der Waals surface area contributed by atoms with Gasteiger partial charge in [-0.15, -0.1) is 0 Å². The van der Waals surface area contributed by atoms with Crippen molar-refractivity contribution in [1.82, 2.24) is 4.90 Å². The van der Waals surface area contributed by atoms with E-state index in [-0.39, 0.29) is 44.9 Å². The molecule has 0 aliphatic carbocycles. The second-order valence-electron chi connectivity index (χ2n) is 8.23. The number of aliphatic carboxylic acids is 1. The predicted molar refractivity (Wildman–Crippen MR) is 131 cm³/mol. The van der Waals surface area contributed by atoms with Crippen LogP contribution in [0.4, 0.5) is 26.7 Å². The fraction of sp³-hybridized carbons (Fsp3) is 0.462. The van der Waals surface area contributed by atoms with Crippen LogP contribution < -0.4 is 14.2 Å². The van der Waals surface area contributed by atoms with Crippen LogP contribution in [0.2, 0.25) is 0 Å². The molecule has 1 N–H and O–H groups in total.